The van der Waals surface area contributed by atoms with Gasteiger partial charge in [-0.25, -0.2) is 0 Å². The normalized spacial score (nSPS) is 14.2. The highest BCUT2D eigenvalue weighted by Crippen LogP contribution is 2.32. The third-order valence-corrected chi connectivity index (χ3v) is 5.98. The summed E-state index contributed by atoms with van der Waals surface area (Å²) in [6.07, 6.45) is 6.64. The van der Waals surface area contributed by atoms with E-state index in [4.69, 9.17) is 39.2 Å². The van der Waals surface area contributed by atoms with Gasteiger partial charge in [0.2, 0.25) is 5.91 Å². The summed E-state index contributed by atoms with van der Waals surface area (Å²) in [4.78, 5) is 14.6. The van der Waals surface area contributed by atoms with Crippen molar-refractivity contribution in [3.05, 3.63) is 75.4 Å². The maximum Gasteiger partial charge on any atom is 0.248 e. The third kappa shape index (κ3) is 5.45. The first-order valence-electron chi connectivity index (χ1n) is 10.1. The van der Waals surface area contributed by atoms with Crippen molar-refractivity contribution < 1.29 is 9.21 Å². The maximum absolute atomic E-state index is 12.3. The molecule has 0 unspecified atom stereocenters. The van der Waals surface area contributed by atoms with Crippen LogP contribution in [-0.2, 0) is 4.79 Å². The lowest BCUT2D eigenvalue weighted by Crippen LogP contribution is -2.29. The van der Waals surface area contributed by atoms with Gasteiger partial charge >= 0.3 is 0 Å². The average molecular weight is 476 g/mol. The van der Waals surface area contributed by atoms with Crippen molar-refractivity contribution in [2.75, 3.05) is 23.3 Å². The fourth-order valence-electron chi connectivity index (χ4n) is 3.59. The number of halogens is 3. The maximum atomic E-state index is 12.3. The predicted molar refractivity (Wildman–Crippen MR) is 129 cm³/mol. The van der Waals surface area contributed by atoms with Gasteiger partial charge in [-0.05, 0) is 73.9 Å². The summed E-state index contributed by atoms with van der Waals surface area (Å²) in [6.45, 7) is 2.03. The summed E-state index contributed by atoms with van der Waals surface area (Å²) in [5.74, 6) is 0.862. The van der Waals surface area contributed by atoms with E-state index in [1.54, 1.807) is 42.5 Å². The third-order valence-electron chi connectivity index (χ3n) is 5.13. The molecule has 2 heterocycles. The van der Waals surface area contributed by atoms with E-state index >= 15 is 0 Å². The summed E-state index contributed by atoms with van der Waals surface area (Å²) < 4.78 is 5.77. The molecule has 31 heavy (non-hydrogen) atoms. The van der Waals surface area contributed by atoms with Crippen LogP contribution in [0.3, 0.4) is 0 Å². The summed E-state index contributed by atoms with van der Waals surface area (Å²) in [7, 11) is 0. The van der Waals surface area contributed by atoms with Crippen molar-refractivity contribution in [1.82, 2.24) is 0 Å². The Hall–Kier alpha value is -2.40. The lowest BCUT2D eigenvalue weighted by molar-refractivity contribution is -0.111. The van der Waals surface area contributed by atoms with Crippen molar-refractivity contribution in [1.29, 1.82) is 0 Å². The lowest BCUT2D eigenvalue weighted by Gasteiger charge is -2.29. The molecule has 0 aliphatic carbocycles. The molecule has 0 atom stereocenters. The number of nitrogens with one attached hydrogen (secondary N) is 1. The van der Waals surface area contributed by atoms with Gasteiger partial charge in [-0.1, -0.05) is 34.8 Å². The molecule has 0 bridgehead atoms. The fraction of sp³-hybridized carbons (Fsp3) is 0.208. The van der Waals surface area contributed by atoms with Crippen LogP contribution in [0.1, 0.15) is 25.0 Å². The Morgan fingerprint density at radius 3 is 2.48 bits per heavy atom. The molecule has 4 rings (SSSR count). The molecular formula is C24H21Cl3N2O2. The van der Waals surface area contributed by atoms with E-state index in [0.29, 0.717) is 32.3 Å². The molecule has 1 saturated heterocycles. The predicted octanol–water partition coefficient (Wildman–Crippen LogP) is 7.55. The number of amides is 1. The van der Waals surface area contributed by atoms with E-state index in [9.17, 15) is 4.79 Å². The van der Waals surface area contributed by atoms with Crippen molar-refractivity contribution in [3.63, 3.8) is 0 Å². The van der Waals surface area contributed by atoms with Crippen molar-refractivity contribution in [3.8, 4) is 11.3 Å². The highest BCUT2D eigenvalue weighted by molar-refractivity contribution is 6.36. The van der Waals surface area contributed by atoms with Crippen LogP contribution in [0.15, 0.2) is 59.0 Å². The Bertz CT molecular complexity index is 1120. The number of hydrogen-bond donors (Lipinski definition) is 1. The van der Waals surface area contributed by atoms with Crippen LogP contribution >= 0.6 is 34.8 Å². The highest BCUT2D eigenvalue weighted by Gasteiger charge is 2.14. The number of nitrogens with zero attached hydrogens (tertiary/aromatic N) is 1. The van der Waals surface area contributed by atoms with Gasteiger partial charge in [-0.3, -0.25) is 4.79 Å². The first kappa shape index (κ1) is 21.8. The second-order valence-corrected chi connectivity index (χ2v) is 8.61. The summed E-state index contributed by atoms with van der Waals surface area (Å²) >= 11 is 18.6. The molecule has 0 radical (unpaired) electrons. The number of piperidine rings is 1. The number of carbonyl (C=O) groups excluding carboxylic acids is 1. The lowest BCUT2D eigenvalue weighted by atomic mass is 10.1. The minimum atomic E-state index is -0.274. The number of anilines is 2. The highest BCUT2D eigenvalue weighted by atomic mass is 35.5. The molecule has 1 fully saturated rings. The quantitative estimate of drug-likeness (QED) is 0.387. The van der Waals surface area contributed by atoms with E-state index in [-0.39, 0.29) is 5.91 Å². The Morgan fingerprint density at radius 1 is 0.935 bits per heavy atom. The number of rotatable bonds is 5. The van der Waals surface area contributed by atoms with E-state index in [1.165, 1.54) is 25.3 Å². The minimum absolute atomic E-state index is 0.274. The molecule has 160 valence electrons. The van der Waals surface area contributed by atoms with Gasteiger partial charge in [0.1, 0.15) is 11.5 Å². The number of furan rings is 1. The topological polar surface area (TPSA) is 45.5 Å². The molecule has 1 amide bonds. The second-order valence-electron chi connectivity index (χ2n) is 7.36. The first-order chi connectivity index (χ1) is 15.0. The van der Waals surface area contributed by atoms with Gasteiger partial charge in [0.05, 0.1) is 15.7 Å². The van der Waals surface area contributed by atoms with Crippen LogP contribution in [0.25, 0.3) is 17.4 Å². The van der Waals surface area contributed by atoms with Crippen LogP contribution in [0.5, 0.6) is 0 Å². The summed E-state index contributed by atoms with van der Waals surface area (Å²) in [6, 6.07) is 14.4. The summed E-state index contributed by atoms with van der Waals surface area (Å²) in [5.41, 5.74) is 2.39. The standard InChI is InChI=1S/C24H21Cl3N2O2/c25-16-4-8-19(20(26)14-16)23-10-6-18(31-23)7-11-24(30)28-17-5-9-22(21(27)15-17)29-12-2-1-3-13-29/h4-11,14-15H,1-3,12-13H2,(H,28,30)/b11-7+. The molecule has 1 aliphatic heterocycles. The van der Waals surface area contributed by atoms with Crippen molar-refractivity contribution in [2.24, 2.45) is 0 Å². The van der Waals surface area contributed by atoms with Crippen LogP contribution in [0.2, 0.25) is 15.1 Å². The van der Waals surface area contributed by atoms with Gasteiger partial charge in [-0.2, -0.15) is 0 Å². The molecular weight excluding hydrogens is 455 g/mol. The Morgan fingerprint density at radius 2 is 1.74 bits per heavy atom. The molecule has 1 aromatic heterocycles. The molecule has 4 nitrogen and oxygen atoms in total. The van der Waals surface area contributed by atoms with Gasteiger partial charge < -0.3 is 14.6 Å². The van der Waals surface area contributed by atoms with Gasteiger partial charge in [0.25, 0.3) is 0 Å². The Labute approximate surface area is 196 Å². The SMILES string of the molecule is O=C(/C=C/c1ccc(-c2ccc(Cl)cc2Cl)o1)Nc1ccc(N2CCCCC2)c(Cl)c1. The molecule has 0 saturated carbocycles. The number of carbonyl (C=O) groups is 1. The monoisotopic (exact) mass is 474 g/mol. The number of hydrogen-bond acceptors (Lipinski definition) is 3. The largest absolute Gasteiger partial charge is 0.457 e. The smallest absolute Gasteiger partial charge is 0.248 e. The minimum Gasteiger partial charge on any atom is -0.457 e. The van der Waals surface area contributed by atoms with Crippen molar-refractivity contribution in [2.45, 2.75) is 19.3 Å². The van der Waals surface area contributed by atoms with Gasteiger partial charge in [0, 0.05) is 35.4 Å². The average Bonchev–Trinajstić information content (AvgIpc) is 3.22. The zero-order valence-electron chi connectivity index (χ0n) is 16.7. The molecule has 0 spiro atoms. The van der Waals surface area contributed by atoms with E-state index < -0.39 is 0 Å². The van der Waals surface area contributed by atoms with E-state index in [2.05, 4.69) is 10.2 Å². The molecule has 3 aromatic rings. The molecule has 7 heteroatoms. The molecule has 2 aromatic carbocycles. The number of benzene rings is 2. The van der Waals surface area contributed by atoms with E-state index in [1.807, 2.05) is 12.1 Å². The zero-order chi connectivity index (χ0) is 21.8. The Kier molecular flexibility index (Phi) is 6.91. The molecule has 1 N–H and O–H groups in total. The first-order valence-corrected chi connectivity index (χ1v) is 11.2. The van der Waals surface area contributed by atoms with Crippen LogP contribution in [0, 0.1) is 0 Å². The fourth-order valence-corrected chi connectivity index (χ4v) is 4.40. The van der Waals surface area contributed by atoms with Crippen LogP contribution in [-0.4, -0.2) is 19.0 Å². The van der Waals surface area contributed by atoms with Gasteiger partial charge in [0.15, 0.2) is 0 Å². The van der Waals surface area contributed by atoms with Crippen LogP contribution in [0.4, 0.5) is 11.4 Å². The van der Waals surface area contributed by atoms with Crippen LogP contribution < -0.4 is 10.2 Å². The summed E-state index contributed by atoms with van der Waals surface area (Å²) in [5, 5.41) is 4.53. The zero-order valence-corrected chi connectivity index (χ0v) is 19.0. The van der Waals surface area contributed by atoms with Gasteiger partial charge in [-0.15, -0.1) is 0 Å². The van der Waals surface area contributed by atoms with Crippen molar-refractivity contribution >= 4 is 58.2 Å². The van der Waals surface area contributed by atoms with E-state index in [0.717, 1.165) is 24.3 Å². The molecule has 1 aliphatic rings. The second kappa shape index (κ2) is 9.82. The Balaban J connectivity index is 1.40.